The number of hydrogen-bond donors (Lipinski definition) is 5. The van der Waals surface area contributed by atoms with Gasteiger partial charge in [-0.05, 0) is 19.8 Å². The molecule has 9 N–H and O–H groups in total. The summed E-state index contributed by atoms with van der Waals surface area (Å²) in [4.78, 5) is 43.7. The minimum Gasteiger partial charge on any atom is -0.481 e. The number of nitrogens with zero attached hydrogens (tertiary/aromatic N) is 2. The second kappa shape index (κ2) is 9.47. The molecule has 0 bridgehead atoms. The summed E-state index contributed by atoms with van der Waals surface area (Å²) in [6.45, 7) is 1.74. The number of aliphatic imine (C=N–C) groups is 1. The number of nitrogens with two attached hydrogens (primary N) is 4. The molecule has 0 saturated heterocycles. The second-order valence-electron chi connectivity index (χ2n) is 5.79. The summed E-state index contributed by atoms with van der Waals surface area (Å²) in [5, 5.41) is 8.90. The fraction of sp³-hybridized carbons (Fsp3) is 0.438. The van der Waals surface area contributed by atoms with Crippen molar-refractivity contribution in [3.05, 3.63) is 22.9 Å². The third kappa shape index (κ3) is 5.81. The van der Waals surface area contributed by atoms with Crippen molar-refractivity contribution in [2.75, 3.05) is 12.3 Å². The molecule has 1 aromatic heterocycles. The van der Waals surface area contributed by atoms with Gasteiger partial charge < -0.3 is 28.0 Å². The lowest BCUT2D eigenvalue weighted by Crippen LogP contribution is -2.30. The van der Waals surface area contributed by atoms with Crippen molar-refractivity contribution < 1.29 is 19.5 Å². The van der Waals surface area contributed by atoms with Crippen molar-refractivity contribution >= 4 is 29.3 Å². The van der Waals surface area contributed by atoms with Gasteiger partial charge in [0.2, 0.25) is 0 Å². The number of carbonyl (C=O) groups is 3. The van der Waals surface area contributed by atoms with Gasteiger partial charge in [-0.3, -0.25) is 19.4 Å². The Hall–Kier alpha value is -3.01. The average molecular weight is 364 g/mol. The molecule has 0 aliphatic carbocycles. The average Bonchev–Trinajstić information content (AvgIpc) is 2.55. The van der Waals surface area contributed by atoms with Gasteiger partial charge in [-0.15, -0.1) is 0 Å². The molecule has 0 aliphatic heterocycles. The van der Waals surface area contributed by atoms with E-state index < -0.39 is 17.8 Å². The van der Waals surface area contributed by atoms with E-state index in [0.29, 0.717) is 6.42 Å². The number of rotatable bonds is 10. The van der Waals surface area contributed by atoms with E-state index in [-0.39, 0.29) is 60.1 Å². The van der Waals surface area contributed by atoms with E-state index in [4.69, 9.17) is 28.0 Å². The minimum absolute atomic E-state index is 0.00676. The minimum atomic E-state index is -1.06. The molecule has 142 valence electrons. The molecule has 0 aliphatic rings. The number of carbonyl (C=O) groups excluding carboxylic acids is 2. The number of aromatic nitrogens is 1. The molecular weight excluding hydrogens is 340 g/mol. The molecule has 0 saturated carbocycles. The number of hydrogen-bond acceptors (Lipinski definition) is 7. The molecule has 10 heteroatoms. The lowest BCUT2D eigenvalue weighted by molar-refractivity contribution is -0.136. The highest BCUT2D eigenvalue weighted by molar-refractivity contribution is 6.11. The summed E-state index contributed by atoms with van der Waals surface area (Å²) in [6.07, 6.45) is 1.39. The van der Waals surface area contributed by atoms with Crippen LogP contribution in [0.5, 0.6) is 0 Å². The molecule has 26 heavy (non-hydrogen) atoms. The zero-order valence-electron chi connectivity index (χ0n) is 14.6. The van der Waals surface area contributed by atoms with E-state index in [1.54, 1.807) is 0 Å². The van der Waals surface area contributed by atoms with Crippen LogP contribution in [0.3, 0.4) is 0 Å². The number of ketones is 2. The Balaban J connectivity index is 3.22. The zero-order chi connectivity index (χ0) is 19.9. The van der Waals surface area contributed by atoms with Gasteiger partial charge in [0.15, 0.2) is 17.5 Å². The summed E-state index contributed by atoms with van der Waals surface area (Å²) in [6, 6.07) is -0.881. The van der Waals surface area contributed by atoms with Crippen LogP contribution in [0.1, 0.15) is 52.5 Å². The maximum Gasteiger partial charge on any atom is 0.303 e. The third-order valence-corrected chi connectivity index (χ3v) is 3.62. The van der Waals surface area contributed by atoms with Crippen molar-refractivity contribution in [2.24, 2.45) is 22.2 Å². The van der Waals surface area contributed by atoms with Gasteiger partial charge in [0.25, 0.3) is 0 Å². The molecule has 10 nitrogen and oxygen atoms in total. The van der Waals surface area contributed by atoms with Crippen molar-refractivity contribution in [3.8, 4) is 0 Å². The lowest BCUT2D eigenvalue weighted by Gasteiger charge is -2.16. The lowest BCUT2D eigenvalue weighted by atomic mass is 9.90. The predicted molar refractivity (Wildman–Crippen MR) is 96.8 cm³/mol. The second-order valence-corrected chi connectivity index (χ2v) is 5.79. The largest absolute Gasteiger partial charge is 0.481 e. The van der Waals surface area contributed by atoms with Gasteiger partial charge >= 0.3 is 5.97 Å². The van der Waals surface area contributed by atoms with Crippen LogP contribution in [0.2, 0.25) is 0 Å². The van der Waals surface area contributed by atoms with Crippen molar-refractivity contribution in [1.29, 1.82) is 0 Å². The highest BCUT2D eigenvalue weighted by Crippen LogP contribution is 2.24. The maximum atomic E-state index is 12.5. The molecule has 0 fully saturated rings. The van der Waals surface area contributed by atoms with Crippen LogP contribution in [0.25, 0.3) is 0 Å². The molecule has 1 rings (SSSR count). The van der Waals surface area contributed by atoms with E-state index in [2.05, 4.69) is 9.98 Å². The molecule has 1 aromatic rings. The zero-order valence-corrected chi connectivity index (χ0v) is 14.6. The van der Waals surface area contributed by atoms with Gasteiger partial charge in [0, 0.05) is 42.3 Å². The van der Waals surface area contributed by atoms with Crippen LogP contribution in [-0.4, -0.2) is 46.2 Å². The Kier molecular flexibility index (Phi) is 7.66. The Morgan fingerprint density at radius 2 is 1.92 bits per heavy atom. The smallest absolute Gasteiger partial charge is 0.303 e. The summed E-state index contributed by atoms with van der Waals surface area (Å²) in [7, 11) is 0. The summed E-state index contributed by atoms with van der Waals surface area (Å²) in [5.41, 5.74) is 22.3. The summed E-state index contributed by atoms with van der Waals surface area (Å²) in [5.74, 6) is -1.96. The quantitative estimate of drug-likeness (QED) is 0.156. The van der Waals surface area contributed by atoms with Gasteiger partial charge in [0.05, 0.1) is 6.04 Å². The van der Waals surface area contributed by atoms with E-state index in [9.17, 15) is 14.4 Å². The molecule has 1 atom stereocenters. The topological polar surface area (TPSA) is 201 Å². The number of pyridine rings is 1. The Morgan fingerprint density at radius 3 is 2.46 bits per heavy atom. The van der Waals surface area contributed by atoms with E-state index >= 15 is 0 Å². The number of anilines is 1. The van der Waals surface area contributed by atoms with E-state index in [1.165, 1.54) is 13.1 Å². The number of Topliss-reactive ketones (excluding diaryl/α,β-unsaturated/α-hetero) is 2. The first-order valence-electron chi connectivity index (χ1n) is 8.02. The van der Waals surface area contributed by atoms with E-state index in [0.717, 1.165) is 0 Å². The van der Waals surface area contributed by atoms with Crippen LogP contribution < -0.4 is 22.9 Å². The van der Waals surface area contributed by atoms with Crippen molar-refractivity contribution in [3.63, 3.8) is 0 Å². The fourth-order valence-electron chi connectivity index (χ4n) is 2.36. The highest BCUT2D eigenvalue weighted by Gasteiger charge is 2.25. The number of nitrogen functional groups attached to an aromatic ring is 1. The SMILES string of the molecule is CC(N)C(=O)c1c(C(=O)CCCN=C(N)N)cnc(N)c1CCC(=O)O. The molecule has 0 spiro atoms. The van der Waals surface area contributed by atoms with E-state index in [1.807, 2.05) is 0 Å². The molecule has 0 amide bonds. The molecule has 1 heterocycles. The molecule has 0 aromatic carbocycles. The fourth-order valence-corrected chi connectivity index (χ4v) is 2.36. The maximum absolute atomic E-state index is 12.5. The van der Waals surface area contributed by atoms with Gasteiger partial charge in [-0.2, -0.15) is 0 Å². The number of guanidine groups is 1. The summed E-state index contributed by atoms with van der Waals surface area (Å²) < 4.78 is 0. The van der Waals surface area contributed by atoms with Crippen molar-refractivity contribution in [1.82, 2.24) is 4.98 Å². The normalized spacial score (nSPS) is 11.6. The molecular formula is C16H24N6O4. The molecule has 0 radical (unpaired) electrons. The molecule has 1 unspecified atom stereocenters. The third-order valence-electron chi connectivity index (χ3n) is 3.62. The van der Waals surface area contributed by atoms with Crippen LogP contribution in [0, 0.1) is 0 Å². The van der Waals surface area contributed by atoms with Gasteiger partial charge in [-0.25, -0.2) is 4.98 Å². The van der Waals surface area contributed by atoms with Crippen LogP contribution in [0.15, 0.2) is 11.2 Å². The first kappa shape index (κ1) is 21.0. The Bertz CT molecular complexity index is 726. The van der Waals surface area contributed by atoms with Crippen molar-refractivity contribution in [2.45, 2.75) is 38.6 Å². The van der Waals surface area contributed by atoms with Gasteiger partial charge in [0.1, 0.15) is 5.82 Å². The number of carboxylic acid groups (broad SMARTS) is 1. The van der Waals surface area contributed by atoms with Crippen LogP contribution >= 0.6 is 0 Å². The first-order valence-corrected chi connectivity index (χ1v) is 8.02. The van der Waals surface area contributed by atoms with Gasteiger partial charge in [-0.1, -0.05) is 0 Å². The van der Waals surface area contributed by atoms with Crippen LogP contribution in [0.4, 0.5) is 5.82 Å². The first-order chi connectivity index (χ1) is 12.1. The standard InChI is InChI=1S/C16H24N6O4/c1-8(17)14(26)13-9(4-5-12(24)25)15(18)22-7-10(13)11(23)3-2-6-21-16(19)20/h7-8H,2-6,17H2,1H3,(H2,18,22)(H,24,25)(H4,19,20,21). The number of aliphatic carboxylic acids is 1. The highest BCUT2D eigenvalue weighted by atomic mass is 16.4. The monoisotopic (exact) mass is 364 g/mol. The Morgan fingerprint density at radius 1 is 1.27 bits per heavy atom. The Labute approximate surface area is 150 Å². The summed E-state index contributed by atoms with van der Waals surface area (Å²) >= 11 is 0. The number of carboxylic acids is 1. The van der Waals surface area contributed by atoms with Crippen LogP contribution in [-0.2, 0) is 11.2 Å². The predicted octanol–water partition coefficient (Wildman–Crippen LogP) is -0.553.